The number of carbonyl (C=O) groups is 2. The summed E-state index contributed by atoms with van der Waals surface area (Å²) in [7, 11) is 3.61. The number of ether oxygens (including phenoxy) is 2. The lowest BCUT2D eigenvalue weighted by molar-refractivity contribution is -0.143. The lowest BCUT2D eigenvalue weighted by Gasteiger charge is -2.27. The molecular weight excluding hydrogens is 426 g/mol. The van der Waals surface area contributed by atoms with E-state index in [1.165, 1.54) is 0 Å². The largest absolute Gasteiger partial charge is 0.489 e. The number of pyridine rings is 1. The van der Waals surface area contributed by atoms with Crippen molar-refractivity contribution in [1.29, 1.82) is 0 Å². The average Bonchev–Trinajstić information content (AvgIpc) is 3.48. The Kier molecular flexibility index (Phi) is 7.29. The first kappa shape index (κ1) is 23.3. The molecule has 2 heterocycles. The first-order valence-electron chi connectivity index (χ1n) is 11.8. The van der Waals surface area contributed by atoms with Gasteiger partial charge in [-0.25, -0.2) is 4.79 Å². The number of carboxylic acid groups (broad SMARTS) is 1. The third-order valence-electron chi connectivity index (χ3n) is 7.04. The molecule has 180 valence electrons. The van der Waals surface area contributed by atoms with Gasteiger partial charge < -0.3 is 19.5 Å². The van der Waals surface area contributed by atoms with Gasteiger partial charge in [0.25, 0.3) is 0 Å². The molecule has 10 heteroatoms. The van der Waals surface area contributed by atoms with Gasteiger partial charge in [0.05, 0.1) is 23.9 Å². The lowest BCUT2D eigenvalue weighted by Crippen LogP contribution is -2.39. The van der Waals surface area contributed by atoms with Crippen molar-refractivity contribution < 1.29 is 24.2 Å². The second-order valence-corrected chi connectivity index (χ2v) is 9.28. The summed E-state index contributed by atoms with van der Waals surface area (Å²) < 4.78 is 11.6. The third kappa shape index (κ3) is 5.54. The maximum absolute atomic E-state index is 12.5. The van der Waals surface area contributed by atoms with Gasteiger partial charge in [0.15, 0.2) is 0 Å². The summed E-state index contributed by atoms with van der Waals surface area (Å²) in [6.07, 6.45) is 8.48. The van der Waals surface area contributed by atoms with Crippen molar-refractivity contribution in [2.24, 2.45) is 16.3 Å². The molecule has 0 saturated heterocycles. The van der Waals surface area contributed by atoms with Crippen LogP contribution < -0.4 is 4.74 Å². The van der Waals surface area contributed by atoms with Crippen LogP contribution in [-0.4, -0.2) is 71.0 Å². The van der Waals surface area contributed by atoms with Crippen LogP contribution in [0.3, 0.4) is 0 Å². The minimum absolute atomic E-state index is 0.117. The third-order valence-corrected chi connectivity index (χ3v) is 7.04. The zero-order valence-electron chi connectivity index (χ0n) is 19.3. The van der Waals surface area contributed by atoms with Gasteiger partial charge in [-0.1, -0.05) is 18.1 Å². The predicted molar refractivity (Wildman–Crippen MR) is 119 cm³/mol. The zero-order valence-corrected chi connectivity index (χ0v) is 19.3. The van der Waals surface area contributed by atoms with E-state index >= 15 is 0 Å². The Morgan fingerprint density at radius 1 is 1.18 bits per heavy atom. The van der Waals surface area contributed by atoms with Crippen LogP contribution in [0, 0.1) is 5.92 Å². The number of amides is 1. The number of carbonyl (C=O) groups excluding carboxylic acids is 1. The number of aliphatic carboxylic acids is 1. The number of hydrogen-bond acceptors (Lipinski definition) is 8. The molecule has 3 aliphatic rings. The molecule has 1 N–H and O–H groups in total. The Morgan fingerprint density at radius 3 is 2.67 bits per heavy atom. The van der Waals surface area contributed by atoms with Crippen molar-refractivity contribution in [3.63, 3.8) is 0 Å². The maximum Gasteiger partial charge on any atom is 0.409 e. The Bertz CT molecular complexity index is 857. The molecule has 1 aliphatic heterocycles. The van der Waals surface area contributed by atoms with E-state index in [0.29, 0.717) is 24.3 Å². The highest BCUT2D eigenvalue weighted by molar-refractivity contribution is 5.70. The normalized spacial score (nSPS) is 27.5. The van der Waals surface area contributed by atoms with Crippen LogP contribution in [0.25, 0.3) is 0 Å². The van der Waals surface area contributed by atoms with E-state index in [2.05, 4.69) is 15.3 Å². The van der Waals surface area contributed by atoms with Crippen LogP contribution in [0.15, 0.2) is 28.7 Å². The smallest absolute Gasteiger partial charge is 0.409 e. The van der Waals surface area contributed by atoms with Gasteiger partial charge in [0.1, 0.15) is 24.4 Å². The van der Waals surface area contributed by atoms with Crippen molar-refractivity contribution in [2.45, 2.75) is 75.6 Å². The minimum Gasteiger partial charge on any atom is -0.489 e. The number of hydrogen-bond donors (Lipinski definition) is 1. The van der Waals surface area contributed by atoms with E-state index in [4.69, 9.17) is 9.47 Å². The highest BCUT2D eigenvalue weighted by atomic mass is 16.6. The highest BCUT2D eigenvalue weighted by Gasteiger charge is 2.35. The van der Waals surface area contributed by atoms with Crippen LogP contribution in [0.1, 0.15) is 63.1 Å². The molecule has 4 atom stereocenters. The highest BCUT2D eigenvalue weighted by Crippen LogP contribution is 2.32. The Morgan fingerprint density at radius 2 is 1.97 bits per heavy atom. The summed E-state index contributed by atoms with van der Waals surface area (Å²) in [5.41, 5.74) is 0.715. The molecule has 1 amide bonds. The molecule has 0 radical (unpaired) electrons. The summed E-state index contributed by atoms with van der Waals surface area (Å²) >= 11 is 0. The SMILES string of the molecule is CN1N=NC(c2ccc(O[C@H]3CCC[C@H](C(=O)O)C3)cn2)C1COC(=O)N(C)C1CCCC1. The van der Waals surface area contributed by atoms with E-state index in [0.717, 1.165) is 38.5 Å². The van der Waals surface area contributed by atoms with Gasteiger partial charge in [-0.05, 0) is 50.7 Å². The van der Waals surface area contributed by atoms with Crippen molar-refractivity contribution in [3.05, 3.63) is 24.0 Å². The molecule has 2 saturated carbocycles. The summed E-state index contributed by atoms with van der Waals surface area (Å²) in [6, 6.07) is 3.35. The Balaban J connectivity index is 1.33. The van der Waals surface area contributed by atoms with Crippen LogP contribution in [-0.2, 0) is 9.53 Å². The monoisotopic (exact) mass is 459 g/mol. The Labute approximate surface area is 193 Å². The molecule has 1 aromatic heterocycles. The second-order valence-electron chi connectivity index (χ2n) is 9.28. The lowest BCUT2D eigenvalue weighted by atomic mass is 9.87. The number of aromatic nitrogens is 1. The number of likely N-dealkylation sites (N-methyl/N-ethyl adjacent to an activating group) is 1. The molecule has 0 aromatic carbocycles. The summed E-state index contributed by atoms with van der Waals surface area (Å²) in [5, 5.41) is 19.4. The van der Waals surface area contributed by atoms with E-state index in [9.17, 15) is 14.7 Å². The maximum atomic E-state index is 12.5. The first-order chi connectivity index (χ1) is 15.9. The van der Waals surface area contributed by atoms with Crippen LogP contribution in [0.4, 0.5) is 4.79 Å². The molecule has 10 nitrogen and oxygen atoms in total. The van der Waals surface area contributed by atoms with Gasteiger partial charge in [0, 0.05) is 20.1 Å². The molecule has 2 unspecified atom stereocenters. The molecule has 33 heavy (non-hydrogen) atoms. The van der Waals surface area contributed by atoms with Crippen LogP contribution in [0.5, 0.6) is 5.75 Å². The molecule has 2 fully saturated rings. The quantitative estimate of drug-likeness (QED) is 0.658. The fourth-order valence-corrected chi connectivity index (χ4v) is 4.94. The topological polar surface area (TPSA) is 117 Å². The fourth-order valence-electron chi connectivity index (χ4n) is 4.94. The first-order valence-corrected chi connectivity index (χ1v) is 11.8. The second kappa shape index (κ2) is 10.4. The Hall–Kier alpha value is -2.91. The van der Waals surface area contributed by atoms with Crippen molar-refractivity contribution in [1.82, 2.24) is 14.9 Å². The minimum atomic E-state index is -0.756. The standard InChI is InChI=1S/C23H33N5O5/c1-27(16-7-3-4-8-16)23(31)32-14-20-21(25-26-28(20)2)19-11-10-18(13-24-19)33-17-9-5-6-15(12-17)22(29)30/h10-11,13,15-17,20-21H,3-9,12,14H2,1-2H3,(H,29,30)/t15-,17-,20?,21?/m0/s1. The van der Waals surface area contributed by atoms with Gasteiger partial charge in [-0.15, -0.1) is 0 Å². The van der Waals surface area contributed by atoms with Gasteiger partial charge in [0.2, 0.25) is 0 Å². The molecule has 4 rings (SSSR count). The van der Waals surface area contributed by atoms with Crippen LogP contribution in [0.2, 0.25) is 0 Å². The molecule has 2 aliphatic carbocycles. The molecule has 0 spiro atoms. The van der Waals surface area contributed by atoms with Crippen molar-refractivity contribution in [3.8, 4) is 5.75 Å². The predicted octanol–water partition coefficient (Wildman–Crippen LogP) is 3.84. The number of carboxylic acids is 1. The summed E-state index contributed by atoms with van der Waals surface area (Å²) in [5.74, 6) is -0.491. The molecule has 1 aromatic rings. The zero-order chi connectivity index (χ0) is 23.4. The van der Waals surface area contributed by atoms with Crippen molar-refractivity contribution in [2.75, 3.05) is 20.7 Å². The van der Waals surface area contributed by atoms with Gasteiger partial charge in [-0.2, -0.15) is 5.11 Å². The van der Waals surface area contributed by atoms with Gasteiger partial charge >= 0.3 is 12.1 Å². The van der Waals surface area contributed by atoms with E-state index in [1.54, 1.807) is 23.2 Å². The average molecular weight is 460 g/mol. The van der Waals surface area contributed by atoms with Crippen molar-refractivity contribution >= 4 is 12.1 Å². The van der Waals surface area contributed by atoms with E-state index < -0.39 is 5.97 Å². The number of rotatable bonds is 7. The number of nitrogens with zero attached hydrogens (tertiary/aromatic N) is 5. The van der Waals surface area contributed by atoms with Crippen LogP contribution >= 0.6 is 0 Å². The fraction of sp³-hybridized carbons (Fsp3) is 0.696. The molecular formula is C23H33N5O5. The molecule has 0 bridgehead atoms. The summed E-state index contributed by atoms with van der Waals surface area (Å²) in [4.78, 5) is 30.0. The van der Waals surface area contributed by atoms with E-state index in [-0.39, 0.29) is 42.8 Å². The van der Waals surface area contributed by atoms with Gasteiger partial charge in [-0.3, -0.25) is 14.8 Å². The van der Waals surface area contributed by atoms with E-state index in [1.807, 2.05) is 19.2 Å². The summed E-state index contributed by atoms with van der Waals surface area (Å²) in [6.45, 7) is 0.169.